The third kappa shape index (κ3) is 6.02. The normalized spacial score (nSPS) is 10.1. The maximum atomic E-state index is 12.3. The summed E-state index contributed by atoms with van der Waals surface area (Å²) in [4.78, 5) is 36.0. The van der Waals surface area contributed by atoms with Gasteiger partial charge in [0.05, 0.1) is 25.5 Å². The van der Waals surface area contributed by atoms with Gasteiger partial charge in [-0.05, 0) is 31.2 Å². The number of thioether (sulfide) groups is 1. The number of esters is 1. The quantitative estimate of drug-likeness (QED) is 0.508. The molecule has 0 heterocycles. The summed E-state index contributed by atoms with van der Waals surface area (Å²) in [6, 6.07) is 11.8. The highest BCUT2D eigenvalue weighted by atomic mass is 32.2. The molecule has 0 atom stereocenters. The van der Waals surface area contributed by atoms with E-state index in [1.54, 1.807) is 42.5 Å². The number of ether oxygens (including phenoxy) is 3. The van der Waals surface area contributed by atoms with E-state index in [1.807, 2.05) is 0 Å². The number of benzene rings is 2. The molecule has 0 aromatic heterocycles. The molecule has 0 aliphatic carbocycles. The van der Waals surface area contributed by atoms with Crippen LogP contribution in [0.5, 0.6) is 11.5 Å². The molecule has 2 rings (SSSR count). The van der Waals surface area contributed by atoms with Crippen LogP contribution in [-0.2, 0) is 14.3 Å². The maximum absolute atomic E-state index is 12.3. The highest BCUT2D eigenvalue weighted by Gasteiger charge is 2.15. The molecule has 0 radical (unpaired) electrons. The first-order valence-electron chi connectivity index (χ1n) is 8.35. The highest BCUT2D eigenvalue weighted by molar-refractivity contribution is 8.00. The molecule has 2 aromatic rings. The molecular formula is C20H21NO6S. The molecule has 1 amide bonds. The molecule has 148 valence electrons. The monoisotopic (exact) mass is 403 g/mol. The highest BCUT2D eigenvalue weighted by Crippen LogP contribution is 2.30. The van der Waals surface area contributed by atoms with Gasteiger partial charge in [-0.2, -0.15) is 0 Å². The lowest BCUT2D eigenvalue weighted by atomic mass is 10.2. The molecule has 8 heteroatoms. The lowest BCUT2D eigenvalue weighted by Crippen LogP contribution is -2.15. The number of amides is 1. The van der Waals surface area contributed by atoms with Crippen LogP contribution in [0, 0.1) is 0 Å². The summed E-state index contributed by atoms with van der Waals surface area (Å²) in [6.45, 7) is 1.06. The number of carbonyl (C=O) groups is 3. The van der Waals surface area contributed by atoms with Gasteiger partial charge in [0.25, 0.3) is 0 Å². The molecule has 1 N–H and O–H groups in total. The van der Waals surface area contributed by atoms with Gasteiger partial charge in [-0.3, -0.25) is 9.59 Å². The van der Waals surface area contributed by atoms with Crippen LogP contribution in [-0.4, -0.2) is 44.2 Å². The van der Waals surface area contributed by atoms with Gasteiger partial charge in [0.1, 0.15) is 6.61 Å². The second kappa shape index (κ2) is 10.4. The summed E-state index contributed by atoms with van der Waals surface area (Å²) in [5.74, 6) is 0.0700. The van der Waals surface area contributed by atoms with E-state index in [0.29, 0.717) is 27.6 Å². The maximum Gasteiger partial charge on any atom is 0.339 e. The minimum absolute atomic E-state index is 0.0886. The summed E-state index contributed by atoms with van der Waals surface area (Å²) in [5, 5.41) is 2.77. The van der Waals surface area contributed by atoms with Crippen molar-refractivity contribution in [1.29, 1.82) is 0 Å². The van der Waals surface area contributed by atoms with Crippen molar-refractivity contribution in [3.63, 3.8) is 0 Å². The van der Waals surface area contributed by atoms with E-state index in [0.717, 1.165) is 0 Å². The zero-order valence-electron chi connectivity index (χ0n) is 15.8. The van der Waals surface area contributed by atoms with Crippen LogP contribution < -0.4 is 14.8 Å². The second-order valence-corrected chi connectivity index (χ2v) is 6.70. The predicted molar refractivity (Wildman–Crippen MR) is 106 cm³/mol. The van der Waals surface area contributed by atoms with Crippen LogP contribution in [0.15, 0.2) is 47.4 Å². The molecule has 0 spiro atoms. The van der Waals surface area contributed by atoms with Crippen molar-refractivity contribution in [2.75, 3.05) is 31.9 Å². The number of anilines is 1. The Kier molecular flexibility index (Phi) is 7.88. The lowest BCUT2D eigenvalue weighted by molar-refractivity contribution is -0.120. The average molecular weight is 403 g/mol. The number of ketones is 1. The van der Waals surface area contributed by atoms with E-state index >= 15 is 0 Å². The van der Waals surface area contributed by atoms with E-state index in [2.05, 4.69) is 5.32 Å². The Morgan fingerprint density at radius 1 is 1.00 bits per heavy atom. The average Bonchev–Trinajstić information content (AvgIpc) is 2.70. The van der Waals surface area contributed by atoms with Gasteiger partial charge in [-0.1, -0.05) is 12.1 Å². The Bertz CT molecular complexity index is 868. The number of nitrogens with one attached hydrogen (secondary N) is 1. The summed E-state index contributed by atoms with van der Waals surface area (Å²) in [6.07, 6.45) is 0. The van der Waals surface area contributed by atoms with E-state index < -0.39 is 5.97 Å². The van der Waals surface area contributed by atoms with Crippen LogP contribution in [0.3, 0.4) is 0 Å². The first-order valence-corrected chi connectivity index (χ1v) is 9.33. The zero-order chi connectivity index (χ0) is 20.5. The van der Waals surface area contributed by atoms with E-state index in [9.17, 15) is 14.4 Å². The minimum Gasteiger partial charge on any atom is -0.493 e. The standard InChI is InChI=1S/C20H21NO6S/c1-13(22)11-27-20(24)15-6-4-5-7-18(15)28-12-19(23)21-14-8-9-16(25-2)17(10-14)26-3/h4-10H,11-12H2,1-3H3,(H,21,23). The number of hydrogen-bond acceptors (Lipinski definition) is 7. The van der Waals surface area contributed by atoms with Crippen molar-refractivity contribution in [1.82, 2.24) is 0 Å². The van der Waals surface area contributed by atoms with Crippen LogP contribution in [0.2, 0.25) is 0 Å². The number of hydrogen-bond donors (Lipinski definition) is 1. The molecule has 0 aliphatic rings. The van der Waals surface area contributed by atoms with Crippen molar-refractivity contribution in [3.05, 3.63) is 48.0 Å². The summed E-state index contributed by atoms with van der Waals surface area (Å²) < 4.78 is 15.3. The van der Waals surface area contributed by atoms with E-state index in [-0.39, 0.29) is 24.1 Å². The van der Waals surface area contributed by atoms with Crippen molar-refractivity contribution in [2.24, 2.45) is 0 Å². The van der Waals surface area contributed by atoms with Gasteiger partial charge < -0.3 is 19.5 Å². The van der Waals surface area contributed by atoms with Crippen LogP contribution in [0.4, 0.5) is 5.69 Å². The van der Waals surface area contributed by atoms with Crippen molar-refractivity contribution >= 4 is 35.1 Å². The number of methoxy groups -OCH3 is 2. The van der Waals surface area contributed by atoms with Crippen molar-refractivity contribution < 1.29 is 28.6 Å². The largest absolute Gasteiger partial charge is 0.493 e. The number of Topliss-reactive ketones (excluding diaryl/α,β-unsaturated/α-hetero) is 1. The molecule has 28 heavy (non-hydrogen) atoms. The first kappa shape index (κ1) is 21.3. The first-order chi connectivity index (χ1) is 13.4. The van der Waals surface area contributed by atoms with Crippen LogP contribution in [0.25, 0.3) is 0 Å². The van der Waals surface area contributed by atoms with Gasteiger partial charge in [0.15, 0.2) is 17.3 Å². The van der Waals surface area contributed by atoms with Gasteiger partial charge in [-0.25, -0.2) is 4.79 Å². The van der Waals surface area contributed by atoms with Gasteiger partial charge in [0.2, 0.25) is 5.91 Å². The SMILES string of the molecule is COc1ccc(NC(=O)CSc2ccccc2C(=O)OCC(C)=O)cc1OC. The van der Waals surface area contributed by atoms with Crippen molar-refractivity contribution in [2.45, 2.75) is 11.8 Å². The second-order valence-electron chi connectivity index (χ2n) is 5.68. The fourth-order valence-corrected chi connectivity index (χ4v) is 3.10. The third-order valence-corrected chi connectivity index (χ3v) is 4.61. The summed E-state index contributed by atoms with van der Waals surface area (Å²) in [7, 11) is 3.05. The third-order valence-electron chi connectivity index (χ3n) is 3.54. The van der Waals surface area contributed by atoms with Gasteiger partial charge >= 0.3 is 5.97 Å². The Hall–Kier alpha value is -3.00. The van der Waals surface area contributed by atoms with E-state index in [1.165, 1.54) is 32.9 Å². The van der Waals surface area contributed by atoms with Crippen LogP contribution in [0.1, 0.15) is 17.3 Å². The van der Waals surface area contributed by atoms with Crippen LogP contribution >= 0.6 is 11.8 Å². The molecule has 0 saturated heterocycles. The smallest absolute Gasteiger partial charge is 0.339 e. The Morgan fingerprint density at radius 2 is 1.71 bits per heavy atom. The van der Waals surface area contributed by atoms with Gasteiger partial charge in [0, 0.05) is 16.6 Å². The Labute approximate surface area is 167 Å². The fraction of sp³-hybridized carbons (Fsp3) is 0.250. The molecular weight excluding hydrogens is 382 g/mol. The number of carbonyl (C=O) groups excluding carboxylic acids is 3. The molecule has 7 nitrogen and oxygen atoms in total. The molecule has 0 saturated carbocycles. The fourth-order valence-electron chi connectivity index (χ4n) is 2.26. The van der Waals surface area contributed by atoms with Gasteiger partial charge in [-0.15, -0.1) is 11.8 Å². The summed E-state index contributed by atoms with van der Waals surface area (Å²) in [5.41, 5.74) is 0.880. The topological polar surface area (TPSA) is 90.9 Å². The van der Waals surface area contributed by atoms with E-state index in [4.69, 9.17) is 14.2 Å². The minimum atomic E-state index is -0.599. The molecule has 0 fully saturated rings. The molecule has 2 aromatic carbocycles. The molecule has 0 bridgehead atoms. The zero-order valence-corrected chi connectivity index (χ0v) is 16.6. The molecule has 0 aliphatic heterocycles. The lowest BCUT2D eigenvalue weighted by Gasteiger charge is -2.11. The Balaban J connectivity index is 1.99. The van der Waals surface area contributed by atoms with Crippen molar-refractivity contribution in [3.8, 4) is 11.5 Å². The predicted octanol–water partition coefficient (Wildman–Crippen LogP) is 3.18. The molecule has 0 unspecified atom stereocenters. The Morgan fingerprint density at radius 3 is 2.39 bits per heavy atom. The summed E-state index contributed by atoms with van der Waals surface area (Å²) >= 11 is 1.20. The number of rotatable bonds is 9.